The summed E-state index contributed by atoms with van der Waals surface area (Å²) in [5, 5.41) is 8.85. The Hall–Kier alpha value is -0.740. The van der Waals surface area contributed by atoms with E-state index >= 15 is 0 Å². The van der Waals surface area contributed by atoms with E-state index in [0.29, 0.717) is 5.41 Å². The van der Waals surface area contributed by atoms with Crippen molar-refractivity contribution >= 4 is 5.97 Å². The van der Waals surface area contributed by atoms with Crippen molar-refractivity contribution in [3.8, 4) is 0 Å². The van der Waals surface area contributed by atoms with Gasteiger partial charge in [0.25, 0.3) is 0 Å². The van der Waals surface area contributed by atoms with Crippen molar-refractivity contribution in [2.24, 2.45) is 16.2 Å². The van der Waals surface area contributed by atoms with Gasteiger partial charge in [0, 0.05) is 0 Å². The second-order valence-electron chi connectivity index (χ2n) is 6.45. The monoisotopic (exact) mass is 248 g/mol. The molecule has 0 saturated heterocycles. The molecule has 0 bridgehead atoms. The highest BCUT2D eigenvalue weighted by molar-refractivity contribution is 5.77. The van der Waals surface area contributed by atoms with Crippen molar-refractivity contribution in [2.75, 3.05) is 0 Å². The first-order valence-corrected chi connectivity index (χ1v) is 6.03. The Morgan fingerprint density at radius 2 is 1.53 bits per heavy atom. The molecule has 3 aliphatic carbocycles. The third-order valence-electron chi connectivity index (χ3n) is 5.22. The van der Waals surface area contributed by atoms with Crippen LogP contribution in [0.15, 0.2) is 0 Å². The summed E-state index contributed by atoms with van der Waals surface area (Å²) in [6.07, 6.45) is 0.0882. The number of carbonyl (C=O) groups is 1. The first-order chi connectivity index (χ1) is 7.73. The maximum atomic E-state index is 12.8. The van der Waals surface area contributed by atoms with Crippen LogP contribution < -0.4 is 0 Å². The van der Waals surface area contributed by atoms with Crippen molar-refractivity contribution in [2.45, 2.75) is 51.1 Å². The van der Waals surface area contributed by atoms with Gasteiger partial charge < -0.3 is 5.11 Å². The van der Waals surface area contributed by atoms with E-state index in [2.05, 4.69) is 0 Å². The number of carboxylic acid groups (broad SMARTS) is 1. The van der Waals surface area contributed by atoms with Crippen LogP contribution >= 0.6 is 0 Å². The van der Waals surface area contributed by atoms with Gasteiger partial charge in [-0.15, -0.1) is 0 Å². The van der Waals surface area contributed by atoms with E-state index in [1.54, 1.807) is 0 Å². The molecule has 0 aliphatic heterocycles. The Labute approximate surface area is 97.2 Å². The lowest BCUT2D eigenvalue weighted by Gasteiger charge is -2.69. The Morgan fingerprint density at radius 3 is 1.82 bits per heavy atom. The lowest BCUT2D eigenvalue weighted by atomic mass is 9.35. The second-order valence-corrected chi connectivity index (χ2v) is 6.45. The van der Waals surface area contributed by atoms with Crippen molar-refractivity contribution < 1.29 is 23.1 Å². The molecule has 96 valence electrons. The van der Waals surface area contributed by atoms with Gasteiger partial charge in [0.15, 0.2) is 5.41 Å². The summed E-state index contributed by atoms with van der Waals surface area (Å²) in [6, 6.07) is 0. The van der Waals surface area contributed by atoms with Crippen LogP contribution in [0, 0.1) is 16.2 Å². The van der Waals surface area contributed by atoms with Crippen molar-refractivity contribution in [1.29, 1.82) is 0 Å². The Bertz CT molecular complexity index is 366. The highest BCUT2D eigenvalue weighted by atomic mass is 19.4. The molecule has 0 atom stereocenters. The molecule has 0 radical (unpaired) electrons. The predicted octanol–water partition coefficient (Wildman–Crippen LogP) is 3.36. The van der Waals surface area contributed by atoms with E-state index < -0.39 is 17.6 Å². The van der Waals surface area contributed by atoms with E-state index in [1.807, 2.05) is 0 Å². The zero-order valence-corrected chi connectivity index (χ0v) is 9.44. The highest BCUT2D eigenvalue weighted by Gasteiger charge is 2.76. The number of hydrogen-bond acceptors (Lipinski definition) is 1. The third kappa shape index (κ3) is 1.25. The minimum atomic E-state index is -4.60. The Balaban J connectivity index is 1.72. The van der Waals surface area contributed by atoms with Crippen LogP contribution in [0.1, 0.15) is 44.9 Å². The van der Waals surface area contributed by atoms with E-state index in [-0.39, 0.29) is 18.3 Å². The lowest BCUT2D eigenvalue weighted by Crippen LogP contribution is -2.66. The molecule has 0 aromatic carbocycles. The van der Waals surface area contributed by atoms with Gasteiger partial charge in [-0.25, -0.2) is 0 Å². The van der Waals surface area contributed by atoms with Gasteiger partial charge in [0.1, 0.15) is 0 Å². The topological polar surface area (TPSA) is 37.3 Å². The molecule has 0 aromatic rings. The minimum absolute atomic E-state index is 0.194. The fraction of sp³-hybridized carbons (Fsp3) is 0.917. The largest absolute Gasteiger partial charge is 0.481 e. The summed E-state index contributed by atoms with van der Waals surface area (Å²) in [7, 11) is 0. The molecular formula is C12H15F3O2. The maximum absolute atomic E-state index is 12.8. The van der Waals surface area contributed by atoms with Gasteiger partial charge in [-0.3, -0.25) is 4.79 Å². The number of aliphatic carboxylic acids is 1. The fourth-order valence-corrected chi connectivity index (χ4v) is 4.52. The standard InChI is InChI=1S/C12H15F3O2/c13-12(14,15)11(8(16)17)6-10(7-11)4-9(5-10)2-1-3-9/h1-7H2,(H,16,17). The summed E-state index contributed by atoms with van der Waals surface area (Å²) in [5.74, 6) is -1.69. The SMILES string of the molecule is O=C(O)C1(C(F)(F)F)CC2(CC3(CCC3)C2)C1. The molecule has 17 heavy (non-hydrogen) atoms. The van der Waals surface area contributed by atoms with Gasteiger partial charge >= 0.3 is 12.1 Å². The quantitative estimate of drug-likeness (QED) is 0.772. The fourth-order valence-electron chi connectivity index (χ4n) is 4.52. The van der Waals surface area contributed by atoms with Crippen molar-refractivity contribution in [3.05, 3.63) is 0 Å². The van der Waals surface area contributed by atoms with E-state index in [4.69, 9.17) is 5.11 Å². The molecule has 3 saturated carbocycles. The predicted molar refractivity (Wildman–Crippen MR) is 53.3 cm³/mol. The number of rotatable bonds is 1. The van der Waals surface area contributed by atoms with Crippen molar-refractivity contribution in [1.82, 2.24) is 0 Å². The van der Waals surface area contributed by atoms with E-state index in [1.165, 1.54) is 6.42 Å². The smallest absolute Gasteiger partial charge is 0.404 e. The third-order valence-corrected chi connectivity index (χ3v) is 5.22. The molecule has 0 unspecified atom stereocenters. The number of hydrogen-bond donors (Lipinski definition) is 1. The van der Waals surface area contributed by atoms with Gasteiger partial charge in [0.2, 0.25) is 0 Å². The van der Waals surface area contributed by atoms with Gasteiger partial charge in [-0.2, -0.15) is 13.2 Å². The van der Waals surface area contributed by atoms with E-state index in [9.17, 15) is 18.0 Å². The van der Waals surface area contributed by atoms with Crippen LogP contribution in [-0.4, -0.2) is 17.3 Å². The Morgan fingerprint density at radius 1 is 1.00 bits per heavy atom. The molecule has 5 heteroatoms. The van der Waals surface area contributed by atoms with Gasteiger partial charge in [0.05, 0.1) is 0 Å². The summed E-state index contributed by atoms with van der Waals surface area (Å²) in [4.78, 5) is 10.9. The molecule has 0 amide bonds. The van der Waals surface area contributed by atoms with Crippen LogP contribution in [-0.2, 0) is 4.79 Å². The first-order valence-electron chi connectivity index (χ1n) is 6.03. The van der Waals surface area contributed by atoms with Crippen LogP contribution in [0.4, 0.5) is 13.2 Å². The highest BCUT2D eigenvalue weighted by Crippen LogP contribution is 2.77. The normalized spacial score (nSPS) is 31.5. The van der Waals surface area contributed by atoms with Crippen LogP contribution in [0.25, 0.3) is 0 Å². The van der Waals surface area contributed by atoms with Crippen molar-refractivity contribution in [3.63, 3.8) is 0 Å². The summed E-state index contributed by atoms with van der Waals surface area (Å²) >= 11 is 0. The molecule has 0 aromatic heterocycles. The molecule has 2 spiro atoms. The van der Waals surface area contributed by atoms with Crippen LogP contribution in [0.2, 0.25) is 0 Å². The zero-order chi connectivity index (χ0) is 12.5. The number of alkyl halides is 3. The molecule has 3 fully saturated rings. The van der Waals surface area contributed by atoms with Gasteiger partial charge in [-0.05, 0) is 49.4 Å². The van der Waals surface area contributed by atoms with Crippen LogP contribution in [0.3, 0.4) is 0 Å². The molecule has 0 heterocycles. The number of carboxylic acids is 1. The molecule has 3 aliphatic rings. The Kier molecular flexibility index (Phi) is 1.87. The number of halogens is 3. The van der Waals surface area contributed by atoms with E-state index in [0.717, 1.165) is 25.7 Å². The van der Waals surface area contributed by atoms with Crippen LogP contribution in [0.5, 0.6) is 0 Å². The van der Waals surface area contributed by atoms with Gasteiger partial charge in [-0.1, -0.05) is 6.42 Å². The summed E-state index contributed by atoms with van der Waals surface area (Å²) in [5.41, 5.74) is -2.44. The summed E-state index contributed by atoms with van der Waals surface area (Å²) in [6.45, 7) is 0. The molecule has 2 nitrogen and oxygen atoms in total. The zero-order valence-electron chi connectivity index (χ0n) is 9.44. The second kappa shape index (κ2) is 2.81. The molecule has 1 N–H and O–H groups in total. The lowest BCUT2D eigenvalue weighted by molar-refractivity contribution is -0.308. The maximum Gasteiger partial charge on any atom is 0.404 e. The molecular weight excluding hydrogens is 233 g/mol. The first kappa shape index (κ1) is 11.4. The minimum Gasteiger partial charge on any atom is -0.481 e. The average molecular weight is 248 g/mol. The molecule has 3 rings (SSSR count). The average Bonchev–Trinajstić information content (AvgIpc) is 1.92. The summed E-state index contributed by atoms with van der Waals surface area (Å²) < 4.78 is 38.5.